The number of hydrogen-bond acceptors (Lipinski definition) is 8. The molecule has 0 saturated carbocycles. The monoisotopic (exact) mass is 549 g/mol. The van der Waals surface area contributed by atoms with Crippen LogP contribution in [0.4, 0.5) is 5.13 Å². The minimum absolute atomic E-state index is 0.0251. The lowest BCUT2D eigenvalue weighted by atomic mass is 9.73. The van der Waals surface area contributed by atoms with Crippen LogP contribution in [0.15, 0.2) is 11.0 Å². The molecule has 3 heterocycles. The smallest absolute Gasteiger partial charge is 0.182 e. The van der Waals surface area contributed by atoms with Crippen molar-refractivity contribution >= 4 is 28.3 Å². The molecule has 0 spiro atoms. The highest BCUT2D eigenvalue weighted by Gasteiger charge is 2.58. The second-order valence-electron chi connectivity index (χ2n) is 12.4. The number of fused-ring (bicyclic) bond motifs is 1. The maximum Gasteiger partial charge on any atom is 0.182 e. The van der Waals surface area contributed by atoms with Crippen molar-refractivity contribution in [3.8, 4) is 0 Å². The summed E-state index contributed by atoms with van der Waals surface area (Å²) in [5.74, 6) is -0.587. The number of anilines is 1. The Bertz CT molecular complexity index is 963. The Morgan fingerprint density at radius 1 is 1.29 bits per heavy atom. The minimum atomic E-state index is -0.960. The van der Waals surface area contributed by atoms with Crippen molar-refractivity contribution in [2.24, 2.45) is 17.3 Å². The number of aromatic nitrogens is 1. The number of carbonyl (C=O) groups excluding carboxylic acids is 1. The Labute approximate surface area is 234 Å². The van der Waals surface area contributed by atoms with E-state index < -0.39 is 23.5 Å². The molecule has 0 bridgehead atoms. The quantitative estimate of drug-likeness (QED) is 0.425. The summed E-state index contributed by atoms with van der Waals surface area (Å²) in [7, 11) is 1.88. The maximum atomic E-state index is 13.4. The predicted molar refractivity (Wildman–Crippen MR) is 156 cm³/mol. The number of rotatable bonds is 5. The Morgan fingerprint density at radius 3 is 2.63 bits per heavy atom. The molecule has 0 radical (unpaired) electrons. The fourth-order valence-corrected chi connectivity index (χ4v) is 6.97. The van der Waals surface area contributed by atoms with Gasteiger partial charge in [-0.25, -0.2) is 4.98 Å². The molecule has 2 saturated heterocycles. The van der Waals surface area contributed by atoms with Crippen LogP contribution in [0.3, 0.4) is 0 Å². The average Bonchev–Trinajstić information content (AvgIpc) is 3.18. The van der Waals surface area contributed by atoms with Gasteiger partial charge in [-0.3, -0.25) is 9.69 Å². The highest BCUT2D eigenvalue weighted by atomic mass is 32.1. The van der Waals surface area contributed by atoms with Gasteiger partial charge < -0.3 is 20.3 Å². The molecule has 1 aromatic heterocycles. The molecule has 0 aliphatic carbocycles. The van der Waals surface area contributed by atoms with Crippen molar-refractivity contribution in [1.82, 2.24) is 9.88 Å². The molecule has 38 heavy (non-hydrogen) atoms. The van der Waals surface area contributed by atoms with E-state index in [-0.39, 0.29) is 23.3 Å². The van der Waals surface area contributed by atoms with E-state index in [9.17, 15) is 15.0 Å². The molecule has 2 aliphatic heterocycles. The van der Waals surface area contributed by atoms with E-state index in [4.69, 9.17) is 4.74 Å². The first kappa shape index (κ1) is 31.2. The third-order valence-electron chi connectivity index (χ3n) is 9.23. The van der Waals surface area contributed by atoms with Crippen molar-refractivity contribution in [3.63, 3.8) is 0 Å². The van der Waals surface area contributed by atoms with Crippen molar-refractivity contribution in [1.29, 1.82) is 0 Å². The predicted octanol–water partition coefficient (Wildman–Crippen LogP) is 5.38. The van der Waals surface area contributed by atoms with E-state index >= 15 is 0 Å². The highest BCUT2D eigenvalue weighted by Crippen LogP contribution is 2.48. The Kier molecular flexibility index (Phi) is 10.6. The van der Waals surface area contributed by atoms with Crippen LogP contribution in [-0.2, 0) is 9.53 Å². The second kappa shape index (κ2) is 12.9. The molecule has 7 nitrogen and oxygen atoms in total. The molecule has 8 atom stereocenters. The summed E-state index contributed by atoms with van der Waals surface area (Å²) in [6, 6.07) is 0.425. The van der Waals surface area contributed by atoms with Crippen LogP contribution in [0.2, 0.25) is 0 Å². The van der Waals surface area contributed by atoms with Gasteiger partial charge in [-0.2, -0.15) is 0 Å². The van der Waals surface area contributed by atoms with Crippen LogP contribution in [0, 0.1) is 17.3 Å². The average molecular weight is 550 g/mol. The largest absolute Gasteiger partial charge is 0.392 e. The van der Waals surface area contributed by atoms with Gasteiger partial charge in [-0.1, -0.05) is 41.0 Å². The van der Waals surface area contributed by atoms with E-state index in [1.807, 2.05) is 19.4 Å². The van der Waals surface area contributed by atoms with Gasteiger partial charge in [0.05, 0.1) is 24.0 Å². The van der Waals surface area contributed by atoms with E-state index in [0.29, 0.717) is 19.1 Å². The number of Topliss-reactive ketones (excluding diaryl/α,β-unsaturated/α-hetero) is 1. The van der Waals surface area contributed by atoms with Gasteiger partial charge in [0, 0.05) is 41.9 Å². The molecule has 8 heteroatoms. The van der Waals surface area contributed by atoms with E-state index in [1.165, 1.54) is 0 Å². The molecular weight excluding hydrogens is 498 g/mol. The number of nitrogens with one attached hydrogen (secondary N) is 1. The van der Waals surface area contributed by atoms with Crippen LogP contribution in [0.1, 0.15) is 92.7 Å². The third kappa shape index (κ3) is 6.87. The zero-order valence-corrected chi connectivity index (χ0v) is 25.6. The van der Waals surface area contributed by atoms with Crippen molar-refractivity contribution in [2.45, 2.75) is 117 Å². The Balaban J connectivity index is 1.87. The fourth-order valence-electron chi connectivity index (χ4n) is 6.34. The highest BCUT2D eigenvalue weighted by molar-refractivity contribution is 7.13. The fraction of sp³-hybridized carbons (Fsp3) is 0.800. The number of ether oxygens (including phenoxy) is 1. The van der Waals surface area contributed by atoms with Gasteiger partial charge in [-0.05, 0) is 70.1 Å². The van der Waals surface area contributed by atoms with Crippen LogP contribution in [-0.4, -0.2) is 76.0 Å². The van der Waals surface area contributed by atoms with Crippen LogP contribution in [0.5, 0.6) is 0 Å². The number of thiazole rings is 1. The molecule has 0 amide bonds. The molecule has 3 rings (SSSR count). The summed E-state index contributed by atoms with van der Waals surface area (Å²) in [5, 5.41) is 28.1. The lowest BCUT2D eigenvalue weighted by molar-refractivity contribution is -0.142. The number of aliphatic hydroxyl groups is 2. The lowest BCUT2D eigenvalue weighted by Gasteiger charge is -2.35. The summed E-state index contributed by atoms with van der Waals surface area (Å²) >= 11 is 1.58. The molecule has 1 aromatic rings. The van der Waals surface area contributed by atoms with Gasteiger partial charge in [0.25, 0.3) is 0 Å². The standard InChI is InChI=1S/C30H51N3O4S/c1-9-14-33-24-17-23(20(3)16-22-18-38-28(31-8)32-22)37-15-12-25(34)29(5,6)27(36)21(4)26(35)19(2)11-10-13-30(24,33)7/h16,18-19,21,23-26,34-35H,9-15,17H2,1-8H3,(H,31,32)/b20-16+/t19-,21+,23-,24-,25-,26-,30+,33?/m0/s1. The number of carbonyl (C=O) groups is 1. The van der Waals surface area contributed by atoms with E-state index in [0.717, 1.165) is 55.0 Å². The van der Waals surface area contributed by atoms with Gasteiger partial charge in [-0.15, -0.1) is 11.3 Å². The zero-order valence-electron chi connectivity index (χ0n) is 24.8. The summed E-state index contributed by atoms with van der Waals surface area (Å²) in [4.78, 5) is 20.6. The third-order valence-corrected chi connectivity index (χ3v) is 10.1. The lowest BCUT2D eigenvalue weighted by Crippen LogP contribution is -2.45. The number of hydrogen-bond donors (Lipinski definition) is 3. The normalized spacial score (nSPS) is 37.5. The molecule has 2 fully saturated rings. The number of ketones is 1. The molecular formula is C30H51N3O4S. The summed E-state index contributed by atoms with van der Waals surface area (Å²) in [6.45, 7) is 15.6. The zero-order chi connectivity index (χ0) is 28.3. The molecule has 2 aliphatic rings. The summed E-state index contributed by atoms with van der Waals surface area (Å²) in [6.07, 6.45) is 5.75. The first-order valence-corrected chi connectivity index (χ1v) is 15.3. The van der Waals surface area contributed by atoms with Gasteiger partial charge in [0.15, 0.2) is 5.13 Å². The van der Waals surface area contributed by atoms with Crippen LogP contribution in [0.25, 0.3) is 6.08 Å². The van der Waals surface area contributed by atoms with Gasteiger partial charge >= 0.3 is 0 Å². The van der Waals surface area contributed by atoms with Gasteiger partial charge in [0.1, 0.15) is 5.78 Å². The van der Waals surface area contributed by atoms with Crippen molar-refractivity contribution in [2.75, 3.05) is 25.5 Å². The molecule has 216 valence electrons. The number of nitrogens with zero attached hydrogens (tertiary/aromatic N) is 2. The summed E-state index contributed by atoms with van der Waals surface area (Å²) in [5.41, 5.74) is 1.20. The van der Waals surface area contributed by atoms with E-state index in [1.54, 1.807) is 32.1 Å². The SMILES string of the molecule is CCCN1[C@H]2C[C@@H](/C(C)=C/c3csc(NC)n3)OCC[C@H](O)C(C)(C)C(=O)[C@H](C)[C@@H](O)[C@@H](C)CCC[C@]21C. The minimum Gasteiger partial charge on any atom is -0.392 e. The second-order valence-corrected chi connectivity index (χ2v) is 13.3. The van der Waals surface area contributed by atoms with Crippen molar-refractivity contribution < 1.29 is 19.7 Å². The molecule has 1 unspecified atom stereocenters. The first-order chi connectivity index (χ1) is 17.9. The molecule has 3 N–H and O–H groups in total. The first-order valence-electron chi connectivity index (χ1n) is 14.5. The van der Waals surface area contributed by atoms with Crippen LogP contribution < -0.4 is 5.32 Å². The van der Waals surface area contributed by atoms with Crippen molar-refractivity contribution in [3.05, 3.63) is 16.6 Å². The van der Waals surface area contributed by atoms with E-state index in [2.05, 4.69) is 42.0 Å². The maximum absolute atomic E-state index is 13.4. The number of aliphatic hydroxyl groups excluding tert-OH is 2. The Morgan fingerprint density at radius 2 is 2.00 bits per heavy atom. The molecule has 0 aromatic carbocycles. The topological polar surface area (TPSA) is 94.7 Å². The Hall–Kier alpha value is -1.32. The summed E-state index contributed by atoms with van der Waals surface area (Å²) < 4.78 is 6.49. The van der Waals surface area contributed by atoms with Gasteiger partial charge in [0.2, 0.25) is 0 Å². The van der Waals surface area contributed by atoms with Crippen LogP contribution >= 0.6 is 11.3 Å².